The van der Waals surface area contributed by atoms with E-state index in [-0.39, 0.29) is 5.63 Å². The second-order valence-electron chi connectivity index (χ2n) is 6.05. The van der Waals surface area contributed by atoms with Gasteiger partial charge in [0.2, 0.25) is 0 Å². The summed E-state index contributed by atoms with van der Waals surface area (Å²) in [6.07, 6.45) is 3.07. The van der Waals surface area contributed by atoms with Crippen LogP contribution in [0.15, 0.2) is 33.5 Å². The summed E-state index contributed by atoms with van der Waals surface area (Å²) < 4.78 is 5.61. The lowest BCUT2D eigenvalue weighted by molar-refractivity contribution is 0.437. The first kappa shape index (κ1) is 14.3. The SMILES string of the molecule is CCC(C)c1c(C2CCNCC2)c(=O)oc2ccccc12. The van der Waals surface area contributed by atoms with Crippen LogP contribution in [0.4, 0.5) is 0 Å². The van der Waals surface area contributed by atoms with Gasteiger partial charge in [-0.15, -0.1) is 0 Å². The molecule has 0 aliphatic carbocycles. The smallest absolute Gasteiger partial charge is 0.340 e. The highest BCUT2D eigenvalue weighted by atomic mass is 16.4. The molecule has 0 saturated carbocycles. The van der Waals surface area contributed by atoms with Gasteiger partial charge in [0.25, 0.3) is 0 Å². The minimum Gasteiger partial charge on any atom is -0.423 e. The predicted octanol–water partition coefficient (Wildman–Crippen LogP) is 3.77. The van der Waals surface area contributed by atoms with Crippen LogP contribution in [0.2, 0.25) is 0 Å². The van der Waals surface area contributed by atoms with E-state index < -0.39 is 0 Å². The van der Waals surface area contributed by atoms with Crippen LogP contribution >= 0.6 is 0 Å². The Labute approximate surface area is 125 Å². The molecular weight excluding hydrogens is 262 g/mol. The highest BCUT2D eigenvalue weighted by Crippen LogP contribution is 2.35. The average molecular weight is 285 g/mol. The summed E-state index contributed by atoms with van der Waals surface area (Å²) in [5.74, 6) is 0.708. The van der Waals surface area contributed by atoms with Gasteiger partial charge in [0.15, 0.2) is 0 Å². The molecule has 0 bridgehead atoms. The normalized spacial score (nSPS) is 18.0. The third kappa shape index (κ3) is 2.62. The maximum absolute atomic E-state index is 12.6. The molecule has 1 aliphatic heterocycles. The van der Waals surface area contributed by atoms with Crippen LogP contribution in [0.1, 0.15) is 56.1 Å². The summed E-state index contributed by atoms with van der Waals surface area (Å²) in [5, 5.41) is 4.48. The quantitative estimate of drug-likeness (QED) is 0.873. The van der Waals surface area contributed by atoms with Crippen LogP contribution in [0.3, 0.4) is 0 Å². The van der Waals surface area contributed by atoms with Crippen molar-refractivity contribution in [2.75, 3.05) is 13.1 Å². The fourth-order valence-electron chi connectivity index (χ4n) is 3.42. The molecule has 3 rings (SSSR count). The third-order valence-electron chi connectivity index (χ3n) is 4.74. The number of piperidine rings is 1. The lowest BCUT2D eigenvalue weighted by atomic mass is 9.82. The van der Waals surface area contributed by atoms with Crippen molar-refractivity contribution in [2.24, 2.45) is 0 Å². The molecule has 0 amide bonds. The zero-order valence-corrected chi connectivity index (χ0v) is 12.8. The third-order valence-corrected chi connectivity index (χ3v) is 4.74. The molecule has 1 unspecified atom stereocenters. The summed E-state index contributed by atoms with van der Waals surface area (Å²) >= 11 is 0. The van der Waals surface area contributed by atoms with E-state index in [0.717, 1.165) is 48.9 Å². The summed E-state index contributed by atoms with van der Waals surface area (Å²) in [7, 11) is 0. The van der Waals surface area contributed by atoms with E-state index in [2.05, 4.69) is 25.2 Å². The van der Waals surface area contributed by atoms with Crippen molar-refractivity contribution in [3.05, 3.63) is 45.8 Å². The van der Waals surface area contributed by atoms with Crippen LogP contribution in [-0.4, -0.2) is 13.1 Å². The maximum atomic E-state index is 12.6. The Morgan fingerprint density at radius 3 is 2.71 bits per heavy atom. The Kier molecular flexibility index (Phi) is 4.11. The Hall–Kier alpha value is -1.61. The van der Waals surface area contributed by atoms with Gasteiger partial charge in [-0.05, 0) is 55.8 Å². The van der Waals surface area contributed by atoms with Crippen molar-refractivity contribution in [1.82, 2.24) is 5.32 Å². The number of benzene rings is 1. The number of fused-ring (bicyclic) bond motifs is 1. The highest BCUT2D eigenvalue weighted by Gasteiger charge is 2.26. The van der Waals surface area contributed by atoms with E-state index in [0.29, 0.717) is 11.8 Å². The first-order valence-electron chi connectivity index (χ1n) is 7.98. The van der Waals surface area contributed by atoms with Gasteiger partial charge in [-0.2, -0.15) is 0 Å². The van der Waals surface area contributed by atoms with E-state index in [1.165, 1.54) is 5.56 Å². The molecule has 3 heteroatoms. The molecule has 1 atom stereocenters. The van der Waals surface area contributed by atoms with Crippen LogP contribution < -0.4 is 10.9 Å². The van der Waals surface area contributed by atoms with Gasteiger partial charge < -0.3 is 9.73 Å². The molecule has 0 spiro atoms. The summed E-state index contributed by atoms with van der Waals surface area (Å²) in [4.78, 5) is 12.6. The molecule has 112 valence electrons. The largest absolute Gasteiger partial charge is 0.423 e. The van der Waals surface area contributed by atoms with Crippen molar-refractivity contribution in [1.29, 1.82) is 0 Å². The molecule has 1 aromatic carbocycles. The summed E-state index contributed by atoms with van der Waals surface area (Å²) in [6.45, 7) is 6.36. The van der Waals surface area contributed by atoms with Crippen LogP contribution in [0.25, 0.3) is 11.0 Å². The van der Waals surface area contributed by atoms with Crippen molar-refractivity contribution in [3.63, 3.8) is 0 Å². The molecule has 2 heterocycles. The first-order chi connectivity index (χ1) is 10.2. The lowest BCUT2D eigenvalue weighted by Gasteiger charge is -2.26. The second kappa shape index (κ2) is 6.02. The van der Waals surface area contributed by atoms with E-state index in [1.54, 1.807) is 0 Å². The minimum atomic E-state index is -0.129. The molecule has 1 fully saturated rings. The number of rotatable bonds is 3. The molecule has 1 N–H and O–H groups in total. The Balaban J connectivity index is 2.25. The van der Waals surface area contributed by atoms with Gasteiger partial charge in [0.1, 0.15) is 5.58 Å². The van der Waals surface area contributed by atoms with Crippen LogP contribution in [0.5, 0.6) is 0 Å². The van der Waals surface area contributed by atoms with E-state index in [4.69, 9.17) is 4.42 Å². The first-order valence-corrected chi connectivity index (χ1v) is 7.98. The Morgan fingerprint density at radius 2 is 2.00 bits per heavy atom. The fraction of sp³-hybridized carbons (Fsp3) is 0.500. The number of nitrogens with one attached hydrogen (secondary N) is 1. The number of hydrogen-bond donors (Lipinski definition) is 1. The molecule has 21 heavy (non-hydrogen) atoms. The zero-order chi connectivity index (χ0) is 14.8. The van der Waals surface area contributed by atoms with Crippen LogP contribution in [-0.2, 0) is 0 Å². The molecule has 0 radical (unpaired) electrons. The minimum absolute atomic E-state index is 0.129. The molecule has 3 nitrogen and oxygen atoms in total. The van der Waals surface area contributed by atoms with Crippen molar-refractivity contribution < 1.29 is 4.42 Å². The average Bonchev–Trinajstić information content (AvgIpc) is 2.53. The summed E-state index contributed by atoms with van der Waals surface area (Å²) in [6, 6.07) is 7.94. The number of hydrogen-bond acceptors (Lipinski definition) is 3. The maximum Gasteiger partial charge on any atom is 0.340 e. The zero-order valence-electron chi connectivity index (χ0n) is 12.8. The lowest BCUT2D eigenvalue weighted by Crippen LogP contribution is -2.30. The standard InChI is InChI=1S/C18H23NO2/c1-3-12(2)16-14-6-4-5-7-15(14)21-18(20)17(16)13-8-10-19-11-9-13/h4-7,12-13,19H,3,8-11H2,1-2H3. The molecule has 1 aromatic heterocycles. The van der Waals surface area contributed by atoms with E-state index in [9.17, 15) is 4.79 Å². The molecule has 1 aliphatic rings. The Bertz CT molecular complexity index is 683. The Morgan fingerprint density at radius 1 is 1.29 bits per heavy atom. The van der Waals surface area contributed by atoms with Gasteiger partial charge in [0, 0.05) is 10.9 Å². The number of para-hydroxylation sites is 1. The van der Waals surface area contributed by atoms with Crippen molar-refractivity contribution >= 4 is 11.0 Å². The topological polar surface area (TPSA) is 42.2 Å². The molecular formula is C18H23NO2. The van der Waals surface area contributed by atoms with Crippen LogP contribution in [0, 0.1) is 0 Å². The second-order valence-corrected chi connectivity index (χ2v) is 6.05. The van der Waals surface area contributed by atoms with Gasteiger partial charge in [-0.25, -0.2) is 4.79 Å². The molecule has 1 saturated heterocycles. The van der Waals surface area contributed by atoms with Crippen molar-refractivity contribution in [2.45, 2.75) is 44.9 Å². The predicted molar refractivity (Wildman–Crippen MR) is 86.0 cm³/mol. The van der Waals surface area contributed by atoms with Gasteiger partial charge >= 0.3 is 5.63 Å². The van der Waals surface area contributed by atoms with Gasteiger partial charge in [0.05, 0.1) is 0 Å². The summed E-state index contributed by atoms with van der Waals surface area (Å²) in [5.41, 5.74) is 2.74. The molecule has 2 aromatic rings. The monoisotopic (exact) mass is 285 g/mol. The fourth-order valence-corrected chi connectivity index (χ4v) is 3.42. The van der Waals surface area contributed by atoms with E-state index >= 15 is 0 Å². The van der Waals surface area contributed by atoms with Gasteiger partial charge in [-0.3, -0.25) is 0 Å². The van der Waals surface area contributed by atoms with Gasteiger partial charge in [-0.1, -0.05) is 32.0 Å². The highest BCUT2D eigenvalue weighted by molar-refractivity contribution is 5.82. The van der Waals surface area contributed by atoms with E-state index in [1.807, 2.05) is 18.2 Å². The van der Waals surface area contributed by atoms with Crippen molar-refractivity contribution in [3.8, 4) is 0 Å².